The molecular formula is C13H15FO4. The number of halogens is 1. The number of carbonyl (C=O) groups is 1. The highest BCUT2D eigenvalue weighted by Crippen LogP contribution is 2.35. The van der Waals surface area contributed by atoms with Crippen LogP contribution in [0.3, 0.4) is 0 Å². The van der Waals surface area contributed by atoms with Gasteiger partial charge in [0.25, 0.3) is 0 Å². The highest BCUT2D eigenvalue weighted by Gasteiger charge is 2.27. The van der Waals surface area contributed by atoms with Crippen LogP contribution in [0.5, 0.6) is 5.75 Å². The minimum Gasteiger partial charge on any atom is -0.505 e. The van der Waals surface area contributed by atoms with Crippen molar-refractivity contribution in [3.05, 3.63) is 41.7 Å². The minimum atomic E-state index is -1.12. The van der Waals surface area contributed by atoms with Crippen LogP contribution in [0.25, 0.3) is 0 Å². The largest absolute Gasteiger partial charge is 0.505 e. The predicted molar refractivity (Wildman–Crippen MR) is 63.6 cm³/mol. The van der Waals surface area contributed by atoms with Gasteiger partial charge in [-0.2, -0.15) is 0 Å². The molecule has 0 spiro atoms. The average Bonchev–Trinajstić information content (AvgIpc) is 2.29. The number of carboxylic acids is 1. The van der Waals surface area contributed by atoms with Crippen molar-refractivity contribution in [3.8, 4) is 5.75 Å². The molecule has 3 N–H and O–H groups in total. The normalized spacial score (nSPS) is 13.8. The summed E-state index contributed by atoms with van der Waals surface area (Å²) in [4.78, 5) is 10.4. The molecule has 1 aromatic carbocycles. The molecule has 0 aromatic heterocycles. The molecule has 0 radical (unpaired) electrons. The molecule has 0 heterocycles. The van der Waals surface area contributed by atoms with Crippen molar-refractivity contribution >= 4 is 5.97 Å². The lowest BCUT2D eigenvalue weighted by atomic mass is 9.82. The summed E-state index contributed by atoms with van der Waals surface area (Å²) < 4.78 is 13.2. The number of hydrogen-bond donors (Lipinski definition) is 3. The van der Waals surface area contributed by atoms with Crippen molar-refractivity contribution < 1.29 is 24.5 Å². The summed E-state index contributed by atoms with van der Waals surface area (Å²) >= 11 is 0. The summed E-state index contributed by atoms with van der Waals surface area (Å²) in [6, 6.07) is 3.56. The van der Waals surface area contributed by atoms with E-state index in [1.54, 1.807) is 13.8 Å². The topological polar surface area (TPSA) is 77.8 Å². The molecule has 4 nitrogen and oxygen atoms in total. The predicted octanol–water partition coefficient (Wildman–Crippen LogP) is 2.23. The molecule has 18 heavy (non-hydrogen) atoms. The summed E-state index contributed by atoms with van der Waals surface area (Å²) in [5.74, 6) is -2.44. The molecule has 0 amide bonds. The van der Waals surface area contributed by atoms with E-state index in [2.05, 4.69) is 0 Å². The van der Waals surface area contributed by atoms with Gasteiger partial charge in [-0.1, -0.05) is 26.0 Å². The van der Waals surface area contributed by atoms with Crippen molar-refractivity contribution in [1.82, 2.24) is 0 Å². The molecule has 0 aliphatic carbocycles. The summed E-state index contributed by atoms with van der Waals surface area (Å²) in [6.45, 7) is 3.25. The van der Waals surface area contributed by atoms with E-state index in [1.165, 1.54) is 12.1 Å². The second-order valence-corrected chi connectivity index (χ2v) is 4.61. The van der Waals surface area contributed by atoms with Crippen LogP contribution in [0.4, 0.5) is 4.39 Å². The maximum Gasteiger partial charge on any atom is 0.327 e. The minimum absolute atomic E-state index is 0.269. The van der Waals surface area contributed by atoms with Gasteiger partial charge in [-0.05, 0) is 17.7 Å². The number of aliphatic hydroxyl groups excluding tert-OH is 1. The number of aliphatic carboxylic acids is 1. The van der Waals surface area contributed by atoms with E-state index in [0.29, 0.717) is 0 Å². The van der Waals surface area contributed by atoms with Gasteiger partial charge in [-0.3, -0.25) is 0 Å². The second kappa shape index (κ2) is 5.18. The van der Waals surface area contributed by atoms with Gasteiger partial charge in [0.1, 0.15) is 0 Å². The lowest BCUT2D eigenvalue weighted by molar-refractivity contribution is -0.131. The number of aromatic hydroxyl groups is 1. The first-order valence-corrected chi connectivity index (χ1v) is 5.32. The van der Waals surface area contributed by atoms with Crippen LogP contribution < -0.4 is 0 Å². The highest BCUT2D eigenvalue weighted by molar-refractivity contribution is 5.79. The Labute approximate surface area is 104 Å². The van der Waals surface area contributed by atoms with E-state index < -0.39 is 29.1 Å². The smallest absolute Gasteiger partial charge is 0.327 e. The molecule has 5 heteroatoms. The van der Waals surface area contributed by atoms with E-state index >= 15 is 0 Å². The molecule has 1 rings (SSSR count). The van der Waals surface area contributed by atoms with Gasteiger partial charge in [0, 0.05) is 11.5 Å². The fourth-order valence-corrected chi connectivity index (χ4v) is 1.50. The van der Waals surface area contributed by atoms with Crippen LogP contribution in [0, 0.1) is 11.2 Å². The number of hydrogen-bond acceptors (Lipinski definition) is 3. The first-order valence-electron chi connectivity index (χ1n) is 5.32. The zero-order chi connectivity index (χ0) is 13.9. The van der Waals surface area contributed by atoms with Crippen molar-refractivity contribution in [2.75, 3.05) is 0 Å². The van der Waals surface area contributed by atoms with Crippen LogP contribution in [0.1, 0.15) is 25.5 Å². The second-order valence-electron chi connectivity index (χ2n) is 4.61. The molecule has 1 atom stereocenters. The number of phenolic OH excluding ortho intramolecular Hbond substituents is 1. The van der Waals surface area contributed by atoms with Crippen molar-refractivity contribution in [1.29, 1.82) is 0 Å². The number of rotatable bonds is 4. The third-order valence-corrected chi connectivity index (χ3v) is 2.65. The first kappa shape index (κ1) is 14.2. The van der Waals surface area contributed by atoms with Crippen molar-refractivity contribution in [2.24, 2.45) is 5.41 Å². The lowest BCUT2D eigenvalue weighted by Gasteiger charge is -2.27. The number of aliphatic hydroxyl groups is 1. The Morgan fingerprint density at radius 3 is 2.56 bits per heavy atom. The summed E-state index contributed by atoms with van der Waals surface area (Å²) in [5.41, 5.74) is -0.604. The average molecular weight is 254 g/mol. The Balaban J connectivity index is 3.01. The van der Waals surface area contributed by atoms with Crippen LogP contribution in [0.2, 0.25) is 0 Å². The van der Waals surface area contributed by atoms with E-state index in [9.17, 15) is 14.3 Å². The fraction of sp³-hybridized carbons (Fsp3) is 0.308. The Bertz CT molecular complexity index is 480. The van der Waals surface area contributed by atoms with E-state index in [4.69, 9.17) is 10.2 Å². The maximum atomic E-state index is 13.2. The SMILES string of the molecule is CC(C)(/C=C/C(=O)O)[C@H](O)c1ccc(O)c(F)c1. The molecule has 0 fully saturated rings. The molecule has 0 saturated heterocycles. The van der Waals surface area contributed by atoms with Crippen LogP contribution in [0.15, 0.2) is 30.4 Å². The summed E-state index contributed by atoms with van der Waals surface area (Å²) in [6.07, 6.45) is 1.19. The van der Waals surface area contributed by atoms with Gasteiger partial charge in [-0.15, -0.1) is 0 Å². The summed E-state index contributed by atoms with van der Waals surface area (Å²) in [5, 5.41) is 27.7. The third kappa shape index (κ3) is 3.30. The monoisotopic (exact) mass is 254 g/mol. The standard InChI is InChI=1S/C13H15FO4/c1-13(2,6-5-11(16)17)12(18)8-3-4-10(15)9(14)7-8/h3-7,12,15,18H,1-2H3,(H,16,17)/b6-5+/t12-/m1/s1. The Hall–Kier alpha value is -1.88. The van der Waals surface area contributed by atoms with Crippen LogP contribution >= 0.6 is 0 Å². The van der Waals surface area contributed by atoms with E-state index in [0.717, 1.165) is 18.2 Å². The van der Waals surface area contributed by atoms with Crippen molar-refractivity contribution in [3.63, 3.8) is 0 Å². The van der Waals surface area contributed by atoms with Gasteiger partial charge >= 0.3 is 5.97 Å². The molecule has 0 aliphatic heterocycles. The molecule has 0 saturated carbocycles. The van der Waals surface area contributed by atoms with Gasteiger partial charge in [0.05, 0.1) is 6.10 Å². The maximum absolute atomic E-state index is 13.2. The third-order valence-electron chi connectivity index (χ3n) is 2.65. The molecule has 0 bridgehead atoms. The number of carboxylic acid groups (broad SMARTS) is 1. The van der Waals surface area contributed by atoms with Crippen LogP contribution in [-0.2, 0) is 4.79 Å². The van der Waals surface area contributed by atoms with Gasteiger partial charge in [-0.25, -0.2) is 9.18 Å². The Morgan fingerprint density at radius 2 is 2.06 bits per heavy atom. The van der Waals surface area contributed by atoms with Gasteiger partial charge < -0.3 is 15.3 Å². The molecule has 0 aliphatic rings. The molecule has 1 aromatic rings. The lowest BCUT2D eigenvalue weighted by Crippen LogP contribution is -2.20. The summed E-state index contributed by atoms with van der Waals surface area (Å²) in [7, 11) is 0. The number of benzene rings is 1. The number of phenols is 1. The van der Waals surface area contributed by atoms with Gasteiger partial charge in [0.15, 0.2) is 11.6 Å². The fourth-order valence-electron chi connectivity index (χ4n) is 1.50. The Morgan fingerprint density at radius 1 is 1.44 bits per heavy atom. The van der Waals surface area contributed by atoms with Gasteiger partial charge in [0.2, 0.25) is 0 Å². The first-order chi connectivity index (χ1) is 8.24. The molecule has 0 unspecified atom stereocenters. The molecular weight excluding hydrogens is 239 g/mol. The van der Waals surface area contributed by atoms with E-state index in [-0.39, 0.29) is 5.56 Å². The molecule has 98 valence electrons. The Kier molecular flexibility index (Phi) is 4.08. The van der Waals surface area contributed by atoms with Crippen LogP contribution in [-0.4, -0.2) is 21.3 Å². The van der Waals surface area contributed by atoms with E-state index in [1.807, 2.05) is 0 Å². The quantitative estimate of drug-likeness (QED) is 0.720. The van der Waals surface area contributed by atoms with Crippen molar-refractivity contribution in [2.45, 2.75) is 20.0 Å². The zero-order valence-corrected chi connectivity index (χ0v) is 10.1. The zero-order valence-electron chi connectivity index (χ0n) is 10.1. The highest BCUT2D eigenvalue weighted by atomic mass is 19.1.